The minimum absolute atomic E-state index is 0.0791. The molecule has 0 aromatic carbocycles. The van der Waals surface area contributed by atoms with Gasteiger partial charge in [0, 0.05) is 39.0 Å². The number of carbonyl (C=O) groups is 4. The molecule has 0 amide bonds. The summed E-state index contributed by atoms with van der Waals surface area (Å²) in [6.07, 6.45) is -3.01. The minimum Gasteiger partial charge on any atom is -0.464 e. The van der Waals surface area contributed by atoms with E-state index in [-0.39, 0.29) is 16.8 Å². The lowest BCUT2D eigenvalue weighted by Crippen LogP contribution is -2.60. The Morgan fingerprint density at radius 1 is 1.00 bits per heavy atom. The summed E-state index contributed by atoms with van der Waals surface area (Å²) in [6, 6.07) is 5.62. The molecule has 0 unspecified atom stereocenters. The molecule has 1 saturated heterocycles. The van der Waals surface area contributed by atoms with Crippen LogP contribution in [0.4, 0.5) is 0 Å². The summed E-state index contributed by atoms with van der Waals surface area (Å²) in [5.74, 6) is -2.35. The maximum absolute atomic E-state index is 12.3. The molecule has 0 bridgehead atoms. The third-order valence-electron chi connectivity index (χ3n) is 6.56. The molecule has 1 aliphatic carbocycles. The van der Waals surface area contributed by atoms with Crippen LogP contribution in [0.3, 0.4) is 0 Å². The molecule has 0 radical (unpaired) electrons. The first-order chi connectivity index (χ1) is 19.0. The van der Waals surface area contributed by atoms with Crippen LogP contribution in [-0.2, 0) is 55.7 Å². The molecule has 0 N–H and O–H groups in total. The number of nitriles is 1. The quantitative estimate of drug-likeness (QED) is 0.272. The second kappa shape index (κ2) is 12.0. The molecule has 12 nitrogen and oxygen atoms in total. The zero-order valence-electron chi connectivity index (χ0n) is 22.3. The van der Waals surface area contributed by atoms with Gasteiger partial charge in [0.15, 0.2) is 24.5 Å². The highest BCUT2D eigenvalue weighted by Crippen LogP contribution is 2.42. The van der Waals surface area contributed by atoms with Crippen molar-refractivity contribution >= 4 is 36.1 Å². The van der Waals surface area contributed by atoms with Gasteiger partial charge >= 0.3 is 23.9 Å². The smallest absolute Gasteiger partial charge is 0.303 e. The number of aromatic nitrogens is 1. The van der Waals surface area contributed by atoms with Crippen molar-refractivity contribution in [2.75, 3.05) is 6.61 Å². The fourth-order valence-corrected chi connectivity index (χ4v) is 5.60. The van der Waals surface area contributed by atoms with E-state index in [0.717, 1.165) is 38.4 Å². The molecule has 2 aliphatic rings. The second-order valence-corrected chi connectivity index (χ2v) is 9.77. The summed E-state index contributed by atoms with van der Waals surface area (Å²) in [5.41, 5.74) is 2.26. The Bertz CT molecular complexity index is 1420. The van der Waals surface area contributed by atoms with E-state index in [1.165, 1.54) is 13.2 Å². The van der Waals surface area contributed by atoms with E-state index in [4.69, 9.17) is 40.3 Å². The van der Waals surface area contributed by atoms with Gasteiger partial charge in [-0.3, -0.25) is 19.2 Å². The van der Waals surface area contributed by atoms with Crippen LogP contribution < -0.4 is 0 Å². The van der Waals surface area contributed by atoms with E-state index < -0.39 is 54.5 Å². The first-order valence-electron chi connectivity index (χ1n) is 12.6. The Morgan fingerprint density at radius 3 is 2.23 bits per heavy atom. The number of pyridine rings is 1. The zero-order chi connectivity index (χ0) is 29.1. The van der Waals surface area contributed by atoms with Gasteiger partial charge in [0.25, 0.3) is 0 Å². The van der Waals surface area contributed by atoms with Crippen LogP contribution >= 0.6 is 12.2 Å². The van der Waals surface area contributed by atoms with E-state index in [1.807, 2.05) is 0 Å². The van der Waals surface area contributed by atoms with Crippen LogP contribution in [0.2, 0.25) is 0 Å². The van der Waals surface area contributed by atoms with Crippen molar-refractivity contribution in [3.63, 3.8) is 0 Å². The average molecular weight is 573 g/mol. The lowest BCUT2D eigenvalue weighted by atomic mass is 9.95. The van der Waals surface area contributed by atoms with Gasteiger partial charge in [0.2, 0.25) is 0 Å². The Morgan fingerprint density at radius 2 is 1.65 bits per heavy atom. The summed E-state index contributed by atoms with van der Waals surface area (Å²) in [7, 11) is 0. The maximum atomic E-state index is 12.3. The molecule has 4 rings (SSSR count). The van der Waals surface area contributed by atoms with Crippen molar-refractivity contribution in [3.8, 4) is 17.4 Å². The SMILES string of the molecule is CC(=O)OC[C@@H]1O[C@@H](n2c3c(c(-c4ccco4)c(C#N)c2=S)CCC3)[C@@H](OC(C)=O)[C@@H](OC(C)=O)[C@@H]1OC(C)=O. The molecule has 3 heterocycles. The average Bonchev–Trinajstić information content (AvgIpc) is 3.57. The number of esters is 4. The molecule has 212 valence electrons. The van der Waals surface area contributed by atoms with Crippen LogP contribution in [0.25, 0.3) is 11.3 Å². The van der Waals surface area contributed by atoms with Crippen molar-refractivity contribution in [2.24, 2.45) is 0 Å². The Labute approximate surface area is 234 Å². The molecule has 1 aliphatic heterocycles. The number of hydrogen-bond acceptors (Lipinski definition) is 12. The fraction of sp³-hybridized carbons (Fsp3) is 0.481. The Kier molecular flexibility index (Phi) is 8.70. The molecular weight excluding hydrogens is 544 g/mol. The predicted molar refractivity (Wildman–Crippen MR) is 137 cm³/mol. The lowest BCUT2D eigenvalue weighted by molar-refractivity contribution is -0.269. The number of nitrogens with zero attached hydrogens (tertiary/aromatic N) is 2. The van der Waals surface area contributed by atoms with Gasteiger partial charge in [-0.05, 0) is 37.0 Å². The van der Waals surface area contributed by atoms with Gasteiger partial charge in [0.1, 0.15) is 29.2 Å². The lowest BCUT2D eigenvalue weighted by Gasteiger charge is -2.45. The fourth-order valence-electron chi connectivity index (χ4n) is 5.24. The van der Waals surface area contributed by atoms with Crippen LogP contribution in [0.15, 0.2) is 22.8 Å². The Balaban J connectivity index is 1.95. The van der Waals surface area contributed by atoms with E-state index in [0.29, 0.717) is 24.2 Å². The molecule has 0 saturated carbocycles. The molecule has 2 aromatic rings. The molecule has 40 heavy (non-hydrogen) atoms. The van der Waals surface area contributed by atoms with Crippen LogP contribution in [0, 0.1) is 16.0 Å². The maximum Gasteiger partial charge on any atom is 0.303 e. The highest BCUT2D eigenvalue weighted by atomic mass is 32.1. The van der Waals surface area contributed by atoms with Crippen molar-refractivity contribution in [1.29, 1.82) is 5.26 Å². The molecule has 0 spiro atoms. The Hall–Kier alpha value is -4.02. The van der Waals surface area contributed by atoms with E-state index in [2.05, 4.69) is 6.07 Å². The number of furan rings is 1. The topological polar surface area (TPSA) is 156 Å². The second-order valence-electron chi connectivity index (χ2n) is 9.38. The van der Waals surface area contributed by atoms with Crippen molar-refractivity contribution in [1.82, 2.24) is 4.57 Å². The summed E-state index contributed by atoms with van der Waals surface area (Å²) in [4.78, 5) is 48.2. The van der Waals surface area contributed by atoms with Crippen LogP contribution in [-0.4, -0.2) is 59.5 Å². The molecule has 1 fully saturated rings. The van der Waals surface area contributed by atoms with Crippen molar-refractivity contribution < 1.29 is 47.3 Å². The van der Waals surface area contributed by atoms with Crippen LogP contribution in [0.5, 0.6) is 0 Å². The van der Waals surface area contributed by atoms with Gasteiger partial charge in [-0.25, -0.2) is 0 Å². The highest BCUT2D eigenvalue weighted by Gasteiger charge is 2.53. The number of rotatable bonds is 7. The molecule has 5 atom stereocenters. The number of fused-ring (bicyclic) bond motifs is 1. The first kappa shape index (κ1) is 29.0. The largest absolute Gasteiger partial charge is 0.464 e. The molecule has 13 heteroatoms. The van der Waals surface area contributed by atoms with E-state index >= 15 is 0 Å². The van der Waals surface area contributed by atoms with E-state index in [1.54, 1.807) is 16.7 Å². The summed E-state index contributed by atoms with van der Waals surface area (Å²) >= 11 is 5.81. The van der Waals surface area contributed by atoms with Gasteiger partial charge in [-0.2, -0.15) is 5.26 Å². The monoisotopic (exact) mass is 572 g/mol. The van der Waals surface area contributed by atoms with Gasteiger partial charge in [0.05, 0.1) is 11.8 Å². The minimum atomic E-state index is -1.36. The van der Waals surface area contributed by atoms with Crippen molar-refractivity contribution in [3.05, 3.63) is 39.9 Å². The summed E-state index contributed by atoms with van der Waals surface area (Å²) < 4.78 is 35.5. The van der Waals surface area contributed by atoms with Gasteiger partial charge < -0.3 is 32.7 Å². The number of hydrogen-bond donors (Lipinski definition) is 0. The summed E-state index contributed by atoms with van der Waals surface area (Å²) in [6.45, 7) is 4.28. The number of carbonyl (C=O) groups excluding carboxylic acids is 4. The third-order valence-corrected chi connectivity index (χ3v) is 6.96. The molecule has 2 aromatic heterocycles. The highest BCUT2D eigenvalue weighted by molar-refractivity contribution is 7.71. The molecular formula is C27H28N2O10S. The zero-order valence-corrected chi connectivity index (χ0v) is 23.1. The standard InChI is InChI=1S/C27H28N2O10S/c1-13(30)35-12-21-23(36-14(2)31)24(37-15(3)32)25(38-16(4)33)26(39-21)29-19-8-5-7-17(19)22(18(11-28)27(29)40)20-9-6-10-34-20/h6,9-10,21,23-26H,5,7-8,12H2,1-4H3/t21-,23+,24-,25-,26+/m0/s1. The van der Waals surface area contributed by atoms with Crippen LogP contribution in [0.1, 0.15) is 57.2 Å². The van der Waals surface area contributed by atoms with Gasteiger partial charge in [-0.15, -0.1) is 0 Å². The first-order valence-corrected chi connectivity index (χ1v) is 13.0. The normalized spacial score (nSPS) is 23.4. The van der Waals surface area contributed by atoms with Gasteiger partial charge in [-0.1, -0.05) is 12.2 Å². The summed E-state index contributed by atoms with van der Waals surface area (Å²) in [5, 5.41) is 10.2. The van der Waals surface area contributed by atoms with Crippen molar-refractivity contribution in [2.45, 2.75) is 77.6 Å². The number of ether oxygens (including phenoxy) is 5. The predicted octanol–water partition coefficient (Wildman–Crippen LogP) is 3.09. The van der Waals surface area contributed by atoms with E-state index in [9.17, 15) is 24.4 Å². The third kappa shape index (κ3) is 5.78.